The molecule has 34 heavy (non-hydrogen) atoms. The predicted octanol–water partition coefficient (Wildman–Crippen LogP) is 4.49. The van der Waals surface area contributed by atoms with E-state index in [0.717, 1.165) is 0 Å². The first-order chi connectivity index (χ1) is 16.1. The summed E-state index contributed by atoms with van der Waals surface area (Å²) >= 11 is 6.26. The number of nitrogens with one attached hydrogen (secondary N) is 2. The molecule has 0 bridgehead atoms. The zero-order valence-corrected chi connectivity index (χ0v) is 20.5. The summed E-state index contributed by atoms with van der Waals surface area (Å²) in [5.41, 5.74) is 1.86. The molecule has 0 saturated carbocycles. The normalized spacial score (nSPS) is 11.2. The number of benzene rings is 2. The summed E-state index contributed by atoms with van der Waals surface area (Å²) in [5.74, 6) is 0.552. The largest absolute Gasteiger partial charge is 0.482 e. The number of anilines is 4. The van der Waals surface area contributed by atoms with Gasteiger partial charge in [0.25, 0.3) is 0 Å². The molecule has 0 fully saturated rings. The van der Waals surface area contributed by atoms with Gasteiger partial charge in [-0.05, 0) is 49.7 Å². The molecule has 0 spiro atoms. The molecule has 0 radical (unpaired) electrons. The first-order valence-corrected chi connectivity index (χ1v) is 12.8. The highest BCUT2D eigenvalue weighted by Gasteiger charge is 2.12. The molecule has 3 aromatic rings. The fourth-order valence-electron chi connectivity index (χ4n) is 2.90. The highest BCUT2D eigenvalue weighted by Crippen LogP contribution is 2.28. The van der Waals surface area contributed by atoms with Crippen molar-refractivity contribution in [1.29, 1.82) is 0 Å². The molecule has 11 heteroatoms. The highest BCUT2D eigenvalue weighted by atomic mass is 35.5. The number of hydrogen-bond acceptors (Lipinski definition) is 9. The van der Waals surface area contributed by atoms with Crippen molar-refractivity contribution in [3.63, 3.8) is 0 Å². The summed E-state index contributed by atoms with van der Waals surface area (Å²) in [7, 11) is -3.22. The lowest BCUT2D eigenvalue weighted by molar-refractivity contribution is -0.149. The van der Waals surface area contributed by atoms with E-state index in [-0.39, 0.29) is 29.4 Å². The molecule has 0 unspecified atom stereocenters. The van der Waals surface area contributed by atoms with Gasteiger partial charge in [-0.15, -0.1) is 0 Å². The lowest BCUT2D eigenvalue weighted by Crippen LogP contribution is -2.18. The van der Waals surface area contributed by atoms with Gasteiger partial charge in [-0.2, -0.15) is 4.98 Å². The SMILES string of the molecule is CC(C)OC(=O)COc1ccc(Nc2ncc(Cl)c(Nc3ccccc3CS(C)(=O)=O)n2)cc1. The Morgan fingerprint density at radius 2 is 1.79 bits per heavy atom. The maximum atomic E-state index is 11.7. The summed E-state index contributed by atoms with van der Waals surface area (Å²) in [6.07, 6.45) is 2.42. The Morgan fingerprint density at radius 3 is 2.47 bits per heavy atom. The monoisotopic (exact) mass is 504 g/mol. The van der Waals surface area contributed by atoms with Crippen molar-refractivity contribution >= 4 is 50.5 Å². The summed E-state index contributed by atoms with van der Waals surface area (Å²) in [6, 6.07) is 13.9. The fourth-order valence-corrected chi connectivity index (χ4v) is 3.85. The first-order valence-electron chi connectivity index (χ1n) is 10.3. The van der Waals surface area contributed by atoms with E-state index in [9.17, 15) is 13.2 Å². The van der Waals surface area contributed by atoms with Crippen molar-refractivity contribution in [2.45, 2.75) is 25.7 Å². The van der Waals surface area contributed by atoms with Crippen LogP contribution < -0.4 is 15.4 Å². The minimum Gasteiger partial charge on any atom is -0.482 e. The number of carbonyl (C=O) groups is 1. The van der Waals surface area contributed by atoms with E-state index in [1.165, 1.54) is 12.5 Å². The van der Waals surface area contributed by atoms with E-state index in [1.54, 1.807) is 62.4 Å². The van der Waals surface area contributed by atoms with E-state index in [2.05, 4.69) is 20.6 Å². The molecule has 1 heterocycles. The third kappa shape index (κ3) is 7.89. The Kier molecular flexibility index (Phi) is 8.30. The Labute approximate surface area is 203 Å². The van der Waals surface area contributed by atoms with Gasteiger partial charge >= 0.3 is 5.97 Å². The van der Waals surface area contributed by atoms with Crippen LogP contribution in [0, 0.1) is 0 Å². The lowest BCUT2D eigenvalue weighted by Gasteiger charge is -2.13. The molecule has 1 aromatic heterocycles. The molecule has 0 atom stereocenters. The van der Waals surface area contributed by atoms with Gasteiger partial charge in [0.15, 0.2) is 22.3 Å². The Balaban J connectivity index is 1.69. The standard InChI is InChI=1S/C23H25ClN4O5S/c1-15(2)33-21(29)13-32-18-10-8-17(9-11-18)26-23-25-12-19(24)22(28-23)27-20-7-5-4-6-16(20)14-34(3,30)31/h4-12,15H,13-14H2,1-3H3,(H2,25,26,27,28). The summed E-state index contributed by atoms with van der Waals surface area (Å²) in [6.45, 7) is 3.36. The number of rotatable bonds is 10. The van der Waals surface area contributed by atoms with E-state index >= 15 is 0 Å². The molecule has 0 aliphatic rings. The van der Waals surface area contributed by atoms with Crippen molar-refractivity contribution in [2.24, 2.45) is 0 Å². The van der Waals surface area contributed by atoms with Crippen molar-refractivity contribution in [2.75, 3.05) is 23.5 Å². The van der Waals surface area contributed by atoms with Gasteiger partial charge < -0.3 is 20.1 Å². The van der Waals surface area contributed by atoms with Gasteiger partial charge in [-0.3, -0.25) is 0 Å². The van der Waals surface area contributed by atoms with Crippen LogP contribution >= 0.6 is 11.6 Å². The number of para-hydroxylation sites is 1. The molecular formula is C23H25ClN4O5S. The van der Waals surface area contributed by atoms with Crippen molar-refractivity contribution in [1.82, 2.24) is 9.97 Å². The van der Waals surface area contributed by atoms with Crippen molar-refractivity contribution in [3.05, 3.63) is 65.3 Å². The van der Waals surface area contributed by atoms with Crippen LogP contribution in [0.25, 0.3) is 0 Å². The molecule has 0 aliphatic carbocycles. The van der Waals surface area contributed by atoms with Crippen LogP contribution in [0.5, 0.6) is 5.75 Å². The van der Waals surface area contributed by atoms with Gasteiger partial charge in [0.1, 0.15) is 10.8 Å². The minimum atomic E-state index is -3.22. The number of hydrogen-bond donors (Lipinski definition) is 2. The maximum absolute atomic E-state index is 11.7. The minimum absolute atomic E-state index is 0.117. The van der Waals surface area contributed by atoms with E-state index in [1.807, 2.05) is 0 Å². The van der Waals surface area contributed by atoms with Crippen LogP contribution in [-0.2, 0) is 25.1 Å². The van der Waals surface area contributed by atoms with E-state index < -0.39 is 15.8 Å². The molecule has 0 amide bonds. The summed E-state index contributed by atoms with van der Waals surface area (Å²) in [5, 5.41) is 6.43. The second-order valence-electron chi connectivity index (χ2n) is 7.72. The average molecular weight is 505 g/mol. The molecule has 0 aliphatic heterocycles. The Morgan fingerprint density at radius 1 is 1.09 bits per heavy atom. The molecule has 0 saturated heterocycles. The first kappa shape index (κ1) is 25.3. The number of esters is 1. The maximum Gasteiger partial charge on any atom is 0.344 e. The summed E-state index contributed by atoms with van der Waals surface area (Å²) in [4.78, 5) is 20.2. The number of ether oxygens (including phenoxy) is 2. The topological polar surface area (TPSA) is 120 Å². The zero-order chi connectivity index (χ0) is 24.7. The quantitative estimate of drug-likeness (QED) is 0.384. The average Bonchev–Trinajstić information content (AvgIpc) is 2.75. The lowest BCUT2D eigenvalue weighted by atomic mass is 10.2. The van der Waals surface area contributed by atoms with Gasteiger partial charge in [0.2, 0.25) is 5.95 Å². The highest BCUT2D eigenvalue weighted by molar-refractivity contribution is 7.89. The van der Waals surface area contributed by atoms with E-state index in [4.69, 9.17) is 21.1 Å². The van der Waals surface area contributed by atoms with Gasteiger partial charge in [-0.1, -0.05) is 29.8 Å². The number of aromatic nitrogens is 2. The van der Waals surface area contributed by atoms with Gasteiger partial charge in [0, 0.05) is 17.6 Å². The van der Waals surface area contributed by atoms with Crippen LogP contribution in [0.3, 0.4) is 0 Å². The van der Waals surface area contributed by atoms with Crippen molar-refractivity contribution in [3.8, 4) is 5.75 Å². The number of halogens is 1. The molecular weight excluding hydrogens is 480 g/mol. The van der Waals surface area contributed by atoms with Gasteiger partial charge in [-0.25, -0.2) is 18.2 Å². The molecule has 3 rings (SSSR count). The van der Waals surface area contributed by atoms with Crippen LogP contribution in [-0.4, -0.2) is 43.3 Å². The molecule has 180 valence electrons. The Bertz CT molecular complexity index is 1250. The number of carbonyl (C=O) groups excluding carboxylic acids is 1. The third-order valence-electron chi connectivity index (χ3n) is 4.27. The molecule has 2 N–H and O–H groups in total. The molecule has 2 aromatic carbocycles. The van der Waals surface area contributed by atoms with Crippen LogP contribution in [0.4, 0.5) is 23.1 Å². The molecule has 9 nitrogen and oxygen atoms in total. The number of sulfone groups is 1. The van der Waals surface area contributed by atoms with Gasteiger partial charge in [0.05, 0.1) is 18.1 Å². The second-order valence-corrected chi connectivity index (χ2v) is 10.3. The summed E-state index contributed by atoms with van der Waals surface area (Å²) < 4.78 is 33.9. The number of nitrogens with zero attached hydrogens (tertiary/aromatic N) is 2. The fraction of sp³-hybridized carbons (Fsp3) is 0.261. The smallest absolute Gasteiger partial charge is 0.344 e. The van der Waals surface area contributed by atoms with Crippen LogP contribution in [0.15, 0.2) is 54.7 Å². The van der Waals surface area contributed by atoms with Crippen molar-refractivity contribution < 1.29 is 22.7 Å². The Hall–Kier alpha value is -3.37. The van der Waals surface area contributed by atoms with Crippen LogP contribution in [0.1, 0.15) is 19.4 Å². The van der Waals surface area contributed by atoms with E-state index in [0.29, 0.717) is 28.5 Å². The third-order valence-corrected chi connectivity index (χ3v) is 5.38. The predicted molar refractivity (Wildman–Crippen MR) is 132 cm³/mol. The zero-order valence-electron chi connectivity index (χ0n) is 18.9. The second kappa shape index (κ2) is 11.2. The van der Waals surface area contributed by atoms with Crippen LogP contribution in [0.2, 0.25) is 5.02 Å².